The van der Waals surface area contributed by atoms with E-state index in [4.69, 9.17) is 27.6 Å². The Morgan fingerprint density at radius 3 is 2.72 bits per heavy atom. The summed E-state index contributed by atoms with van der Waals surface area (Å²) in [5.41, 5.74) is 4.49. The lowest BCUT2D eigenvalue weighted by atomic mass is 10.2. The molecule has 7 heteroatoms. The summed E-state index contributed by atoms with van der Waals surface area (Å²) < 4.78 is 5.65. The number of nitrogens with one attached hydrogen (secondary N) is 1. The molecule has 3 aromatic rings. The molecule has 2 aromatic heterocycles. The van der Waals surface area contributed by atoms with Crippen molar-refractivity contribution < 1.29 is 9.21 Å². The summed E-state index contributed by atoms with van der Waals surface area (Å²) in [5, 5.41) is 4.81. The molecule has 0 unspecified atom stereocenters. The van der Waals surface area contributed by atoms with Crippen molar-refractivity contribution in [2.45, 2.75) is 6.92 Å². The van der Waals surface area contributed by atoms with Gasteiger partial charge in [0, 0.05) is 17.5 Å². The molecule has 0 bridgehead atoms. The summed E-state index contributed by atoms with van der Waals surface area (Å²) in [6, 6.07) is 12.2. The minimum absolute atomic E-state index is 0.347. The fraction of sp³-hybridized carbons (Fsp3) is 0.0556. The summed E-state index contributed by atoms with van der Waals surface area (Å²) in [4.78, 5) is 16.0. The molecular weight excluding hydrogens is 361 g/mol. The third-order valence-corrected chi connectivity index (χ3v) is 4.10. The smallest absolute Gasteiger partial charge is 0.272 e. The molecule has 126 valence electrons. The second kappa shape index (κ2) is 7.51. The number of hydrogen-bond acceptors (Lipinski definition) is 4. The first kappa shape index (κ1) is 17.2. The third-order valence-electron chi connectivity index (χ3n) is 3.36. The van der Waals surface area contributed by atoms with Gasteiger partial charge in [0.2, 0.25) is 0 Å². The second-order valence-corrected chi connectivity index (χ2v) is 6.03. The van der Waals surface area contributed by atoms with Gasteiger partial charge in [-0.05, 0) is 49.4 Å². The van der Waals surface area contributed by atoms with Gasteiger partial charge >= 0.3 is 0 Å². The molecule has 0 aliphatic rings. The van der Waals surface area contributed by atoms with Gasteiger partial charge < -0.3 is 4.42 Å². The average molecular weight is 374 g/mol. The molecule has 1 aromatic carbocycles. The highest BCUT2D eigenvalue weighted by molar-refractivity contribution is 6.42. The fourth-order valence-corrected chi connectivity index (χ4v) is 2.35. The van der Waals surface area contributed by atoms with E-state index < -0.39 is 0 Å². The zero-order chi connectivity index (χ0) is 17.8. The summed E-state index contributed by atoms with van der Waals surface area (Å²) in [5.74, 6) is 0.762. The van der Waals surface area contributed by atoms with E-state index in [-0.39, 0.29) is 5.91 Å². The Balaban J connectivity index is 1.66. The van der Waals surface area contributed by atoms with Gasteiger partial charge in [0.15, 0.2) is 0 Å². The Bertz CT molecular complexity index is 934. The zero-order valence-corrected chi connectivity index (χ0v) is 14.7. The van der Waals surface area contributed by atoms with Crippen molar-refractivity contribution in [1.29, 1.82) is 0 Å². The van der Waals surface area contributed by atoms with Gasteiger partial charge in [-0.2, -0.15) is 5.10 Å². The molecule has 0 atom stereocenters. The van der Waals surface area contributed by atoms with E-state index in [1.54, 1.807) is 42.5 Å². The van der Waals surface area contributed by atoms with Crippen molar-refractivity contribution in [2.75, 3.05) is 0 Å². The number of hydrazone groups is 1. The van der Waals surface area contributed by atoms with E-state index in [1.165, 1.54) is 12.4 Å². The van der Waals surface area contributed by atoms with Crippen LogP contribution in [0.2, 0.25) is 10.0 Å². The molecule has 0 spiro atoms. The Morgan fingerprint density at radius 1 is 1.16 bits per heavy atom. The first-order valence-corrected chi connectivity index (χ1v) is 8.10. The lowest BCUT2D eigenvalue weighted by Crippen LogP contribution is -2.17. The van der Waals surface area contributed by atoms with Crippen LogP contribution >= 0.6 is 23.2 Å². The highest BCUT2D eigenvalue weighted by Crippen LogP contribution is 2.29. The van der Waals surface area contributed by atoms with Crippen LogP contribution in [-0.2, 0) is 0 Å². The molecule has 0 saturated heterocycles. The van der Waals surface area contributed by atoms with E-state index in [2.05, 4.69) is 15.5 Å². The summed E-state index contributed by atoms with van der Waals surface area (Å²) in [6.45, 7) is 1.85. The maximum Gasteiger partial charge on any atom is 0.272 e. The molecule has 1 N–H and O–H groups in total. The summed E-state index contributed by atoms with van der Waals surface area (Å²) >= 11 is 11.9. The van der Waals surface area contributed by atoms with Gasteiger partial charge in [0.25, 0.3) is 5.91 Å². The van der Waals surface area contributed by atoms with Crippen molar-refractivity contribution in [3.63, 3.8) is 0 Å². The number of benzene rings is 1. The van der Waals surface area contributed by atoms with Crippen LogP contribution in [-0.4, -0.2) is 17.1 Å². The standard InChI is InChI=1S/C18H13Cl2N3O2/c1-11-2-3-13(9-21-11)18(24)23-22-10-14-5-7-17(25-14)12-4-6-15(19)16(20)8-12/h2-10H,1H3,(H,23,24)/b22-10-. The Kier molecular flexibility index (Phi) is 5.16. The predicted molar refractivity (Wildman–Crippen MR) is 98.2 cm³/mol. The van der Waals surface area contributed by atoms with Crippen molar-refractivity contribution in [1.82, 2.24) is 10.4 Å². The minimum Gasteiger partial charge on any atom is -0.455 e. The number of hydrogen-bond donors (Lipinski definition) is 1. The van der Waals surface area contributed by atoms with Crippen molar-refractivity contribution in [2.24, 2.45) is 5.10 Å². The number of carbonyl (C=O) groups excluding carboxylic acids is 1. The number of rotatable bonds is 4. The normalized spacial score (nSPS) is 11.0. The number of furan rings is 1. The van der Waals surface area contributed by atoms with Gasteiger partial charge in [0.05, 0.1) is 21.8 Å². The topological polar surface area (TPSA) is 67.5 Å². The van der Waals surface area contributed by atoms with E-state index in [0.29, 0.717) is 27.1 Å². The largest absolute Gasteiger partial charge is 0.455 e. The average Bonchev–Trinajstić information content (AvgIpc) is 3.07. The summed E-state index contributed by atoms with van der Waals surface area (Å²) in [6.07, 6.45) is 2.91. The molecule has 25 heavy (non-hydrogen) atoms. The van der Waals surface area contributed by atoms with Crippen LogP contribution in [0.25, 0.3) is 11.3 Å². The van der Waals surface area contributed by atoms with E-state index >= 15 is 0 Å². The van der Waals surface area contributed by atoms with E-state index in [1.807, 2.05) is 6.92 Å². The molecule has 5 nitrogen and oxygen atoms in total. The first-order chi connectivity index (χ1) is 12.0. The van der Waals surface area contributed by atoms with Gasteiger partial charge in [0.1, 0.15) is 11.5 Å². The van der Waals surface area contributed by atoms with E-state index in [9.17, 15) is 4.79 Å². The molecule has 0 radical (unpaired) electrons. The number of carbonyl (C=O) groups is 1. The molecule has 3 rings (SSSR count). The maximum absolute atomic E-state index is 11.9. The Morgan fingerprint density at radius 2 is 2.00 bits per heavy atom. The quantitative estimate of drug-likeness (QED) is 0.531. The highest BCUT2D eigenvalue weighted by atomic mass is 35.5. The molecule has 0 aliphatic carbocycles. The summed E-state index contributed by atoms with van der Waals surface area (Å²) in [7, 11) is 0. The zero-order valence-electron chi connectivity index (χ0n) is 13.2. The van der Waals surface area contributed by atoms with E-state index in [0.717, 1.165) is 11.3 Å². The molecule has 0 saturated carbocycles. The molecule has 0 fully saturated rings. The van der Waals surface area contributed by atoms with Gasteiger partial charge in [-0.3, -0.25) is 9.78 Å². The van der Waals surface area contributed by atoms with Crippen molar-refractivity contribution >= 4 is 35.3 Å². The van der Waals surface area contributed by atoms with Crippen LogP contribution in [0.4, 0.5) is 0 Å². The minimum atomic E-state index is -0.347. The number of amides is 1. The number of aryl methyl sites for hydroxylation is 1. The van der Waals surface area contributed by atoms with Crippen LogP contribution in [0.3, 0.4) is 0 Å². The SMILES string of the molecule is Cc1ccc(C(=O)N/N=C\c2ccc(-c3ccc(Cl)c(Cl)c3)o2)cn1. The van der Waals surface area contributed by atoms with Crippen LogP contribution < -0.4 is 5.43 Å². The fourth-order valence-electron chi connectivity index (χ4n) is 2.05. The van der Waals surface area contributed by atoms with Gasteiger partial charge in [-0.25, -0.2) is 5.43 Å². The van der Waals surface area contributed by atoms with Crippen molar-refractivity contribution in [3.05, 3.63) is 75.7 Å². The number of halogens is 2. The Labute approximate surface area is 154 Å². The van der Waals surface area contributed by atoms with Crippen molar-refractivity contribution in [3.8, 4) is 11.3 Å². The molecule has 2 heterocycles. The number of nitrogens with zero attached hydrogens (tertiary/aromatic N) is 2. The third kappa shape index (κ3) is 4.26. The highest BCUT2D eigenvalue weighted by Gasteiger charge is 2.07. The molecular formula is C18H13Cl2N3O2. The lowest BCUT2D eigenvalue weighted by molar-refractivity contribution is 0.0954. The molecule has 0 aliphatic heterocycles. The molecule has 1 amide bonds. The Hall–Kier alpha value is -2.63. The van der Waals surface area contributed by atoms with Crippen LogP contribution in [0, 0.1) is 6.92 Å². The van der Waals surface area contributed by atoms with Crippen LogP contribution in [0.1, 0.15) is 21.8 Å². The number of pyridine rings is 1. The maximum atomic E-state index is 11.9. The lowest BCUT2D eigenvalue weighted by Gasteiger charge is -2.00. The monoisotopic (exact) mass is 373 g/mol. The number of aromatic nitrogens is 1. The van der Waals surface area contributed by atoms with Gasteiger partial charge in [-0.1, -0.05) is 23.2 Å². The first-order valence-electron chi connectivity index (χ1n) is 7.34. The predicted octanol–water partition coefficient (Wildman–Crippen LogP) is 4.72. The van der Waals surface area contributed by atoms with Crippen LogP contribution in [0.15, 0.2) is 58.2 Å². The van der Waals surface area contributed by atoms with Crippen LogP contribution in [0.5, 0.6) is 0 Å². The second-order valence-electron chi connectivity index (χ2n) is 5.22. The van der Waals surface area contributed by atoms with Gasteiger partial charge in [-0.15, -0.1) is 0 Å².